The average molecular weight is 507 g/mol. The maximum absolute atomic E-state index is 14.4. The number of benzene rings is 1. The Balaban J connectivity index is 1.48. The molecule has 3 heterocycles. The van der Waals surface area contributed by atoms with Crippen molar-refractivity contribution in [2.75, 3.05) is 19.5 Å². The number of nitrogens with one attached hydrogen (secondary N) is 1. The normalized spacial score (nSPS) is 22.3. The number of aliphatic hydroxyl groups excluding tert-OH is 1. The van der Waals surface area contributed by atoms with Crippen molar-refractivity contribution in [2.45, 2.75) is 51.2 Å². The van der Waals surface area contributed by atoms with Crippen molar-refractivity contribution in [1.29, 1.82) is 0 Å². The van der Waals surface area contributed by atoms with Gasteiger partial charge in [0.25, 0.3) is 0 Å². The Morgan fingerprint density at radius 1 is 1.14 bits per heavy atom. The number of hydrogen-bond acceptors (Lipinski definition) is 8. The molecule has 0 spiro atoms. The molecule has 1 aliphatic carbocycles. The molecule has 0 saturated heterocycles. The van der Waals surface area contributed by atoms with E-state index < -0.39 is 0 Å². The molecular formula is C27H31FN6O3. The first kappa shape index (κ1) is 24.9. The monoisotopic (exact) mass is 506 g/mol. The second kappa shape index (κ2) is 10.7. The molecule has 0 amide bonds. The third kappa shape index (κ3) is 5.48. The largest absolute Gasteiger partial charge is 0.481 e. The van der Waals surface area contributed by atoms with Gasteiger partial charge in [-0.15, -0.1) is 0 Å². The van der Waals surface area contributed by atoms with Crippen LogP contribution in [0.4, 0.5) is 10.3 Å². The van der Waals surface area contributed by atoms with Crippen molar-refractivity contribution in [3.8, 4) is 17.1 Å². The van der Waals surface area contributed by atoms with Gasteiger partial charge in [-0.3, -0.25) is 0 Å². The summed E-state index contributed by atoms with van der Waals surface area (Å²) in [7, 11) is 1.54. The van der Waals surface area contributed by atoms with Crippen LogP contribution in [0.15, 0.2) is 41.6 Å². The van der Waals surface area contributed by atoms with Gasteiger partial charge in [-0.25, -0.2) is 19.3 Å². The maximum atomic E-state index is 14.4. The summed E-state index contributed by atoms with van der Waals surface area (Å²) in [5.41, 5.74) is 10.2. The van der Waals surface area contributed by atoms with Crippen LogP contribution >= 0.6 is 0 Å². The number of ether oxygens (including phenoxy) is 1. The number of anilines is 1. The van der Waals surface area contributed by atoms with E-state index in [2.05, 4.69) is 25.4 Å². The number of nitrogens with two attached hydrogens (primary N) is 1. The number of nitrogen functional groups attached to an aromatic ring is 1. The van der Waals surface area contributed by atoms with E-state index in [4.69, 9.17) is 15.3 Å². The lowest BCUT2D eigenvalue weighted by Crippen LogP contribution is -2.38. The standard InChI is InChI=1S/C27H31FN6O3/c1-15-25-23(33-27(29)30-15)13-22(32-26(25)34-37-14-16-6-9-18(35)10-7-16)19-11-8-17(28)12-20(19)21-4-3-5-24(31-21)36-2/h3-5,8,11-12,16,18,22,35H,6-7,9-10,13-14H2,1-2H3,(H,32,34)(H2,29,30,33)/t16-,18-,22-/m1/s1. The van der Waals surface area contributed by atoms with E-state index in [0.29, 0.717) is 47.6 Å². The molecule has 10 heteroatoms. The molecular weight excluding hydrogens is 475 g/mol. The number of aryl methyl sites for hydroxylation is 1. The number of rotatable bonds is 6. The molecule has 4 N–H and O–H groups in total. The van der Waals surface area contributed by atoms with Crippen LogP contribution in [0, 0.1) is 18.7 Å². The van der Waals surface area contributed by atoms with Gasteiger partial charge in [-0.05, 0) is 62.3 Å². The number of aliphatic hydroxyl groups is 1. The zero-order valence-electron chi connectivity index (χ0n) is 20.9. The second-order valence-corrected chi connectivity index (χ2v) is 9.60. The number of fused-ring (bicyclic) bond motifs is 1. The fourth-order valence-electron chi connectivity index (χ4n) is 5.10. The zero-order chi connectivity index (χ0) is 25.9. The molecule has 194 valence electrons. The first-order valence-corrected chi connectivity index (χ1v) is 12.5. The highest BCUT2D eigenvalue weighted by Crippen LogP contribution is 2.34. The Labute approximate surface area is 214 Å². The zero-order valence-corrected chi connectivity index (χ0v) is 20.9. The van der Waals surface area contributed by atoms with E-state index in [1.807, 2.05) is 19.1 Å². The van der Waals surface area contributed by atoms with Crippen molar-refractivity contribution in [1.82, 2.24) is 20.3 Å². The highest BCUT2D eigenvalue weighted by Gasteiger charge is 2.30. The van der Waals surface area contributed by atoms with Crippen molar-refractivity contribution < 1.29 is 19.1 Å². The molecule has 1 atom stereocenters. The Kier molecular flexibility index (Phi) is 7.18. The van der Waals surface area contributed by atoms with Crippen molar-refractivity contribution >= 4 is 11.8 Å². The lowest BCUT2D eigenvalue weighted by Gasteiger charge is -2.30. The van der Waals surface area contributed by atoms with Crippen molar-refractivity contribution in [3.05, 3.63) is 64.7 Å². The highest BCUT2D eigenvalue weighted by atomic mass is 19.1. The fourth-order valence-corrected chi connectivity index (χ4v) is 5.10. The minimum atomic E-state index is -0.364. The van der Waals surface area contributed by atoms with E-state index in [1.54, 1.807) is 19.2 Å². The van der Waals surface area contributed by atoms with Gasteiger partial charge in [-0.2, -0.15) is 0 Å². The third-order valence-corrected chi connectivity index (χ3v) is 7.01. The van der Waals surface area contributed by atoms with Gasteiger partial charge < -0.3 is 25.7 Å². The number of nitrogens with zero attached hydrogens (tertiary/aromatic N) is 4. The molecule has 2 aromatic heterocycles. The van der Waals surface area contributed by atoms with Gasteiger partial charge in [0.15, 0.2) is 5.84 Å². The topological polar surface area (TPSA) is 128 Å². The van der Waals surface area contributed by atoms with Crippen LogP contribution < -0.4 is 15.8 Å². The highest BCUT2D eigenvalue weighted by molar-refractivity contribution is 6.01. The molecule has 37 heavy (non-hydrogen) atoms. The molecule has 9 nitrogen and oxygen atoms in total. The number of pyridine rings is 1. The minimum Gasteiger partial charge on any atom is -0.481 e. The van der Waals surface area contributed by atoms with Crippen LogP contribution in [0.5, 0.6) is 5.88 Å². The molecule has 1 saturated carbocycles. The van der Waals surface area contributed by atoms with Gasteiger partial charge in [-0.1, -0.05) is 17.3 Å². The van der Waals surface area contributed by atoms with Crippen LogP contribution in [0.1, 0.15) is 54.2 Å². The fraction of sp³-hybridized carbons (Fsp3) is 0.407. The number of oxime groups is 1. The molecule has 5 rings (SSSR count). The van der Waals surface area contributed by atoms with E-state index in [0.717, 1.165) is 42.5 Å². The summed E-state index contributed by atoms with van der Waals surface area (Å²) in [4.78, 5) is 19.2. The summed E-state index contributed by atoms with van der Waals surface area (Å²) in [6.07, 6.45) is 3.65. The van der Waals surface area contributed by atoms with E-state index >= 15 is 0 Å². The molecule has 0 radical (unpaired) electrons. The molecule has 1 fully saturated rings. The predicted molar refractivity (Wildman–Crippen MR) is 137 cm³/mol. The molecule has 3 aromatic rings. The quantitative estimate of drug-likeness (QED) is 0.432. The predicted octanol–water partition coefficient (Wildman–Crippen LogP) is 3.69. The van der Waals surface area contributed by atoms with Crippen LogP contribution in [-0.2, 0) is 11.3 Å². The molecule has 0 bridgehead atoms. The smallest absolute Gasteiger partial charge is 0.220 e. The van der Waals surface area contributed by atoms with Crippen molar-refractivity contribution in [3.63, 3.8) is 0 Å². The summed E-state index contributed by atoms with van der Waals surface area (Å²) in [5.74, 6) is 1.12. The Bertz CT molecular complexity index is 1310. The van der Waals surface area contributed by atoms with Crippen LogP contribution in [0.2, 0.25) is 0 Å². The molecule has 0 unspecified atom stereocenters. The number of aromatic nitrogens is 3. The first-order chi connectivity index (χ1) is 17.9. The number of amidine groups is 1. The third-order valence-electron chi connectivity index (χ3n) is 7.01. The summed E-state index contributed by atoms with van der Waals surface area (Å²) in [6.45, 7) is 2.32. The first-order valence-electron chi connectivity index (χ1n) is 12.5. The lowest BCUT2D eigenvalue weighted by atomic mass is 9.88. The summed E-state index contributed by atoms with van der Waals surface area (Å²) < 4.78 is 19.7. The number of halogens is 1. The van der Waals surface area contributed by atoms with Crippen molar-refractivity contribution in [2.24, 2.45) is 11.1 Å². The van der Waals surface area contributed by atoms with Crippen LogP contribution in [0.3, 0.4) is 0 Å². The summed E-state index contributed by atoms with van der Waals surface area (Å²) in [6, 6.07) is 9.74. The lowest BCUT2D eigenvalue weighted by molar-refractivity contribution is 0.0538. The van der Waals surface area contributed by atoms with Gasteiger partial charge in [0.1, 0.15) is 12.4 Å². The Morgan fingerprint density at radius 2 is 1.95 bits per heavy atom. The SMILES string of the molecule is COc1cccc(-c2cc(F)ccc2[C@H]2Cc3nc(N)nc(C)c3/C(=N/OC[C@H]3CC[C@H](O)CC3)N2)n1. The number of hydrogen-bond donors (Lipinski definition) is 3. The van der Waals surface area contributed by atoms with Crippen LogP contribution in [-0.4, -0.2) is 45.7 Å². The van der Waals surface area contributed by atoms with E-state index in [1.165, 1.54) is 12.1 Å². The molecule has 1 aliphatic heterocycles. The average Bonchev–Trinajstić information content (AvgIpc) is 2.89. The summed E-state index contributed by atoms with van der Waals surface area (Å²) >= 11 is 0. The Hall–Kier alpha value is -3.79. The van der Waals surface area contributed by atoms with Gasteiger partial charge >= 0.3 is 0 Å². The Morgan fingerprint density at radius 3 is 2.73 bits per heavy atom. The second-order valence-electron chi connectivity index (χ2n) is 9.60. The van der Waals surface area contributed by atoms with Gasteiger partial charge in [0, 0.05) is 18.1 Å². The molecule has 1 aromatic carbocycles. The number of methoxy groups -OCH3 is 1. The van der Waals surface area contributed by atoms with Gasteiger partial charge in [0.05, 0.1) is 41.9 Å². The molecule has 2 aliphatic rings. The summed E-state index contributed by atoms with van der Waals surface area (Å²) in [5, 5.41) is 17.7. The van der Waals surface area contributed by atoms with E-state index in [-0.39, 0.29) is 23.9 Å². The minimum absolute atomic E-state index is 0.187. The van der Waals surface area contributed by atoms with Crippen LogP contribution in [0.25, 0.3) is 11.3 Å². The van der Waals surface area contributed by atoms with E-state index in [9.17, 15) is 9.50 Å². The van der Waals surface area contributed by atoms with Gasteiger partial charge in [0.2, 0.25) is 11.8 Å². The maximum Gasteiger partial charge on any atom is 0.220 e.